The van der Waals surface area contributed by atoms with Crippen LogP contribution in [0.3, 0.4) is 0 Å². The Morgan fingerprint density at radius 3 is 1.67 bits per heavy atom. The SMILES string of the molecule is CC(O)N(CP(=O)(O)O)C(C)O. The molecule has 2 atom stereocenters. The van der Waals surface area contributed by atoms with Gasteiger partial charge in [0, 0.05) is 0 Å². The lowest BCUT2D eigenvalue weighted by Gasteiger charge is -2.27. The summed E-state index contributed by atoms with van der Waals surface area (Å²) in [4.78, 5) is 18.0. The zero-order chi connectivity index (χ0) is 9.94. The highest BCUT2D eigenvalue weighted by molar-refractivity contribution is 7.51. The third-order valence-electron chi connectivity index (χ3n) is 1.31. The molecule has 0 aliphatic rings. The van der Waals surface area contributed by atoms with Gasteiger partial charge in [-0.3, -0.25) is 4.57 Å². The minimum absolute atomic E-state index is 0.650. The molecule has 6 nitrogen and oxygen atoms in total. The van der Waals surface area contributed by atoms with Gasteiger partial charge in [-0.05, 0) is 13.8 Å². The van der Waals surface area contributed by atoms with Crippen LogP contribution in [-0.2, 0) is 4.57 Å². The molecule has 74 valence electrons. The quantitative estimate of drug-likeness (QED) is 0.346. The average molecular weight is 199 g/mol. The number of rotatable bonds is 4. The van der Waals surface area contributed by atoms with Gasteiger partial charge in [-0.2, -0.15) is 0 Å². The molecular weight excluding hydrogens is 185 g/mol. The van der Waals surface area contributed by atoms with Crippen LogP contribution in [0.4, 0.5) is 0 Å². The highest BCUT2D eigenvalue weighted by Crippen LogP contribution is 2.35. The van der Waals surface area contributed by atoms with Crippen LogP contribution in [0.5, 0.6) is 0 Å². The van der Waals surface area contributed by atoms with Crippen molar-refractivity contribution in [1.29, 1.82) is 0 Å². The topological polar surface area (TPSA) is 101 Å². The summed E-state index contributed by atoms with van der Waals surface area (Å²) in [5, 5.41) is 17.9. The first-order valence-corrected chi connectivity index (χ1v) is 5.20. The fourth-order valence-corrected chi connectivity index (χ4v) is 1.66. The van der Waals surface area contributed by atoms with Gasteiger partial charge in [0.15, 0.2) is 0 Å². The fourth-order valence-electron chi connectivity index (χ4n) is 0.761. The van der Waals surface area contributed by atoms with E-state index in [4.69, 9.17) is 20.0 Å². The Hall–Kier alpha value is 0.0300. The molecule has 0 aliphatic carbocycles. The van der Waals surface area contributed by atoms with E-state index in [0.717, 1.165) is 4.90 Å². The molecular formula is C5H14NO5P. The molecule has 2 unspecified atom stereocenters. The highest BCUT2D eigenvalue weighted by Gasteiger charge is 2.25. The Bertz CT molecular complexity index is 169. The molecule has 0 aromatic carbocycles. The van der Waals surface area contributed by atoms with E-state index < -0.39 is 26.3 Å². The fraction of sp³-hybridized carbons (Fsp3) is 1.00. The van der Waals surface area contributed by atoms with Gasteiger partial charge in [0.1, 0.15) is 18.7 Å². The van der Waals surface area contributed by atoms with Crippen molar-refractivity contribution in [3.05, 3.63) is 0 Å². The Kier molecular flexibility index (Phi) is 4.33. The van der Waals surface area contributed by atoms with Gasteiger partial charge in [0.25, 0.3) is 0 Å². The zero-order valence-corrected chi connectivity index (χ0v) is 7.85. The predicted molar refractivity (Wildman–Crippen MR) is 42.1 cm³/mol. The van der Waals surface area contributed by atoms with Crippen molar-refractivity contribution in [1.82, 2.24) is 4.90 Å². The van der Waals surface area contributed by atoms with Gasteiger partial charge in [0.2, 0.25) is 0 Å². The third kappa shape index (κ3) is 4.82. The Morgan fingerprint density at radius 2 is 1.58 bits per heavy atom. The van der Waals surface area contributed by atoms with Gasteiger partial charge in [0.05, 0.1) is 0 Å². The average Bonchev–Trinajstić information content (AvgIpc) is 1.79. The minimum atomic E-state index is -4.22. The summed E-state index contributed by atoms with van der Waals surface area (Å²) >= 11 is 0. The Morgan fingerprint density at radius 1 is 1.25 bits per heavy atom. The minimum Gasteiger partial charge on any atom is -0.379 e. The van der Waals surface area contributed by atoms with Gasteiger partial charge < -0.3 is 20.0 Å². The van der Waals surface area contributed by atoms with Crippen LogP contribution >= 0.6 is 7.60 Å². The third-order valence-corrected chi connectivity index (χ3v) is 2.00. The molecule has 0 aromatic rings. The number of hydrogen-bond donors (Lipinski definition) is 4. The van der Waals surface area contributed by atoms with Gasteiger partial charge in [-0.1, -0.05) is 0 Å². The second-order valence-corrected chi connectivity index (χ2v) is 4.20. The van der Waals surface area contributed by atoms with Crippen molar-refractivity contribution in [3.8, 4) is 0 Å². The molecule has 0 amide bonds. The molecule has 0 aromatic heterocycles. The highest BCUT2D eigenvalue weighted by atomic mass is 31.2. The lowest BCUT2D eigenvalue weighted by atomic mass is 10.5. The molecule has 0 saturated carbocycles. The lowest BCUT2D eigenvalue weighted by molar-refractivity contribution is -0.0750. The molecule has 7 heteroatoms. The van der Waals surface area contributed by atoms with E-state index in [-0.39, 0.29) is 0 Å². The van der Waals surface area contributed by atoms with E-state index >= 15 is 0 Å². The number of hydrogen-bond acceptors (Lipinski definition) is 4. The second kappa shape index (κ2) is 4.32. The molecule has 0 rings (SSSR count). The smallest absolute Gasteiger partial charge is 0.339 e. The Balaban J connectivity index is 4.25. The van der Waals surface area contributed by atoms with Crippen LogP contribution in [0.25, 0.3) is 0 Å². The first-order chi connectivity index (χ1) is 5.24. The van der Waals surface area contributed by atoms with Gasteiger partial charge >= 0.3 is 7.60 Å². The van der Waals surface area contributed by atoms with Crippen molar-refractivity contribution in [2.75, 3.05) is 6.29 Å². The molecule has 0 aliphatic heterocycles. The van der Waals surface area contributed by atoms with Crippen molar-refractivity contribution in [3.63, 3.8) is 0 Å². The van der Waals surface area contributed by atoms with Crippen LogP contribution in [0.1, 0.15) is 13.8 Å². The predicted octanol–water partition coefficient (Wildman–Crippen LogP) is -0.900. The van der Waals surface area contributed by atoms with E-state index in [2.05, 4.69) is 0 Å². The maximum Gasteiger partial charge on any atom is 0.339 e. The molecule has 0 fully saturated rings. The number of aliphatic hydroxyl groups is 2. The summed E-state index contributed by atoms with van der Waals surface area (Å²) < 4.78 is 10.5. The molecule has 0 heterocycles. The molecule has 0 radical (unpaired) electrons. The largest absolute Gasteiger partial charge is 0.379 e. The van der Waals surface area contributed by atoms with E-state index in [1.807, 2.05) is 0 Å². The maximum atomic E-state index is 10.5. The van der Waals surface area contributed by atoms with Crippen LogP contribution in [-0.4, -0.2) is 43.6 Å². The first-order valence-electron chi connectivity index (χ1n) is 3.40. The van der Waals surface area contributed by atoms with Crippen LogP contribution < -0.4 is 0 Å². The summed E-state index contributed by atoms with van der Waals surface area (Å²) in [5.41, 5.74) is 0. The van der Waals surface area contributed by atoms with Crippen molar-refractivity contribution in [2.24, 2.45) is 0 Å². The summed E-state index contributed by atoms with van der Waals surface area (Å²) in [7, 11) is -4.22. The molecule has 0 bridgehead atoms. The molecule has 0 saturated heterocycles. The van der Waals surface area contributed by atoms with Gasteiger partial charge in [-0.15, -0.1) is 0 Å². The first kappa shape index (κ1) is 12.0. The van der Waals surface area contributed by atoms with Crippen molar-refractivity contribution >= 4 is 7.60 Å². The van der Waals surface area contributed by atoms with Crippen molar-refractivity contribution in [2.45, 2.75) is 26.3 Å². The van der Waals surface area contributed by atoms with Crippen molar-refractivity contribution < 1.29 is 24.6 Å². The normalized spacial score (nSPS) is 17.9. The molecule has 4 N–H and O–H groups in total. The summed E-state index contributed by atoms with van der Waals surface area (Å²) in [6, 6.07) is 0. The van der Waals surface area contributed by atoms with E-state index in [0.29, 0.717) is 0 Å². The van der Waals surface area contributed by atoms with Gasteiger partial charge in [-0.25, -0.2) is 4.90 Å². The maximum absolute atomic E-state index is 10.5. The summed E-state index contributed by atoms with van der Waals surface area (Å²) in [6.07, 6.45) is -2.82. The van der Waals surface area contributed by atoms with Crippen LogP contribution in [0.2, 0.25) is 0 Å². The second-order valence-electron chi connectivity index (χ2n) is 2.58. The number of nitrogens with zero attached hydrogens (tertiary/aromatic N) is 1. The van der Waals surface area contributed by atoms with Crippen LogP contribution in [0.15, 0.2) is 0 Å². The van der Waals surface area contributed by atoms with E-state index in [1.54, 1.807) is 0 Å². The molecule has 12 heavy (non-hydrogen) atoms. The van der Waals surface area contributed by atoms with Crippen LogP contribution in [0, 0.1) is 0 Å². The van der Waals surface area contributed by atoms with E-state index in [1.165, 1.54) is 13.8 Å². The summed E-state index contributed by atoms with van der Waals surface area (Å²) in [6.45, 7) is 2.64. The Labute approximate surface area is 70.6 Å². The standard InChI is InChI=1S/C5H14NO5P/c1-4(7)6(5(2)8)3-12(9,10)11/h4-5,7-8H,3H2,1-2H3,(H2,9,10,11). The monoisotopic (exact) mass is 199 g/mol. The molecule has 0 spiro atoms. The van der Waals surface area contributed by atoms with E-state index in [9.17, 15) is 4.57 Å². The summed E-state index contributed by atoms with van der Waals surface area (Å²) in [5.74, 6) is 0. The lowest BCUT2D eigenvalue weighted by Crippen LogP contribution is -2.40. The zero-order valence-electron chi connectivity index (χ0n) is 6.95. The number of aliphatic hydroxyl groups excluding tert-OH is 2.